The van der Waals surface area contributed by atoms with Gasteiger partial charge in [-0.1, -0.05) is 52.4 Å². The predicted molar refractivity (Wildman–Crippen MR) is 71.9 cm³/mol. The van der Waals surface area contributed by atoms with Crippen LogP contribution < -0.4 is 0 Å². The van der Waals surface area contributed by atoms with Gasteiger partial charge in [-0.2, -0.15) is 0 Å². The molecule has 0 aliphatic carbocycles. The Hall–Kier alpha value is -0.720. The average Bonchev–Trinajstić information content (AvgIpc) is 2.75. The summed E-state index contributed by atoms with van der Waals surface area (Å²) in [7, 11) is 0. The highest BCUT2D eigenvalue weighted by Crippen LogP contribution is 2.14. The minimum atomic E-state index is 1.16. The van der Waals surface area contributed by atoms with Crippen LogP contribution in [0, 0.1) is 0 Å². The first-order valence-corrected chi connectivity index (χ1v) is 7.03. The molecular weight excluding hydrogens is 194 g/mol. The molecule has 1 aromatic rings. The molecule has 92 valence electrons. The van der Waals surface area contributed by atoms with Crippen LogP contribution in [-0.4, -0.2) is 4.98 Å². The Bertz CT molecular complexity index is 262. The van der Waals surface area contributed by atoms with Crippen molar-refractivity contribution in [2.24, 2.45) is 0 Å². The second kappa shape index (κ2) is 8.43. The smallest absolute Gasteiger partial charge is 0.00401 e. The fourth-order valence-corrected chi connectivity index (χ4v) is 2.26. The van der Waals surface area contributed by atoms with E-state index in [0.717, 1.165) is 6.42 Å². The summed E-state index contributed by atoms with van der Waals surface area (Å²) in [4.78, 5) is 3.22. The van der Waals surface area contributed by atoms with Gasteiger partial charge in [0, 0.05) is 12.4 Å². The summed E-state index contributed by atoms with van der Waals surface area (Å²) in [6.07, 6.45) is 16.6. The third-order valence-corrected chi connectivity index (χ3v) is 3.36. The number of hydrogen-bond donors (Lipinski definition) is 1. The van der Waals surface area contributed by atoms with Crippen molar-refractivity contribution in [2.75, 3.05) is 0 Å². The number of H-pyrrole nitrogens is 1. The molecule has 0 unspecified atom stereocenters. The standard InChI is InChI=1S/C15H27N/c1-3-5-6-7-8-9-10-11-15-13-16-12-14(15)4-2/h12-13,16H,3-11H2,1-2H3. The molecule has 0 radical (unpaired) electrons. The van der Waals surface area contributed by atoms with Crippen LogP contribution in [0.1, 0.15) is 69.9 Å². The lowest BCUT2D eigenvalue weighted by atomic mass is 10.0. The van der Waals surface area contributed by atoms with E-state index in [-0.39, 0.29) is 0 Å². The second-order valence-corrected chi connectivity index (χ2v) is 4.73. The molecule has 1 rings (SSSR count). The maximum atomic E-state index is 3.22. The summed E-state index contributed by atoms with van der Waals surface area (Å²) in [5.41, 5.74) is 3.04. The van der Waals surface area contributed by atoms with Gasteiger partial charge >= 0.3 is 0 Å². The molecule has 1 nitrogen and oxygen atoms in total. The second-order valence-electron chi connectivity index (χ2n) is 4.73. The first kappa shape index (κ1) is 13.3. The van der Waals surface area contributed by atoms with E-state index in [2.05, 4.69) is 31.2 Å². The zero-order valence-corrected chi connectivity index (χ0v) is 11.0. The lowest BCUT2D eigenvalue weighted by molar-refractivity contribution is 0.589. The zero-order valence-electron chi connectivity index (χ0n) is 11.0. The lowest BCUT2D eigenvalue weighted by Gasteiger charge is -2.02. The van der Waals surface area contributed by atoms with Gasteiger partial charge in [-0.25, -0.2) is 0 Å². The van der Waals surface area contributed by atoms with E-state index in [0.29, 0.717) is 0 Å². The van der Waals surface area contributed by atoms with Gasteiger partial charge in [0.25, 0.3) is 0 Å². The van der Waals surface area contributed by atoms with Crippen LogP contribution in [0.4, 0.5) is 0 Å². The number of aromatic nitrogens is 1. The maximum absolute atomic E-state index is 3.22. The van der Waals surface area contributed by atoms with Crippen molar-refractivity contribution in [3.8, 4) is 0 Å². The molecule has 0 aliphatic heterocycles. The number of aryl methyl sites for hydroxylation is 2. The number of hydrogen-bond acceptors (Lipinski definition) is 0. The normalized spacial score (nSPS) is 10.9. The van der Waals surface area contributed by atoms with Crippen molar-refractivity contribution >= 4 is 0 Å². The molecule has 0 aliphatic rings. The molecule has 0 saturated carbocycles. The summed E-state index contributed by atoms with van der Waals surface area (Å²) in [6, 6.07) is 0. The number of nitrogens with one attached hydrogen (secondary N) is 1. The van der Waals surface area contributed by atoms with Gasteiger partial charge in [0.15, 0.2) is 0 Å². The summed E-state index contributed by atoms with van der Waals surface area (Å²) in [6.45, 7) is 4.51. The summed E-state index contributed by atoms with van der Waals surface area (Å²) in [5, 5.41) is 0. The minimum Gasteiger partial charge on any atom is -0.367 e. The van der Waals surface area contributed by atoms with Crippen LogP contribution in [0.15, 0.2) is 12.4 Å². The fraction of sp³-hybridized carbons (Fsp3) is 0.733. The minimum absolute atomic E-state index is 1.16. The van der Waals surface area contributed by atoms with Crippen LogP contribution >= 0.6 is 0 Å². The molecular formula is C15H27N. The molecule has 0 fully saturated rings. The number of aromatic amines is 1. The SMILES string of the molecule is CCCCCCCCCc1c[nH]cc1CC. The van der Waals surface area contributed by atoms with Gasteiger partial charge in [0.2, 0.25) is 0 Å². The molecule has 16 heavy (non-hydrogen) atoms. The lowest BCUT2D eigenvalue weighted by Crippen LogP contribution is -1.88. The van der Waals surface area contributed by atoms with Crippen molar-refractivity contribution in [1.29, 1.82) is 0 Å². The Morgan fingerprint density at radius 2 is 1.44 bits per heavy atom. The van der Waals surface area contributed by atoms with Crippen LogP contribution in [0.2, 0.25) is 0 Å². The molecule has 1 aromatic heterocycles. The third-order valence-electron chi connectivity index (χ3n) is 3.36. The van der Waals surface area contributed by atoms with E-state index < -0.39 is 0 Å². The van der Waals surface area contributed by atoms with E-state index in [9.17, 15) is 0 Å². The topological polar surface area (TPSA) is 15.8 Å². The molecule has 0 atom stereocenters. The Morgan fingerprint density at radius 3 is 2.12 bits per heavy atom. The van der Waals surface area contributed by atoms with Crippen molar-refractivity contribution in [1.82, 2.24) is 4.98 Å². The highest BCUT2D eigenvalue weighted by molar-refractivity contribution is 5.23. The van der Waals surface area contributed by atoms with E-state index in [1.54, 1.807) is 0 Å². The average molecular weight is 221 g/mol. The monoisotopic (exact) mass is 221 g/mol. The highest BCUT2D eigenvalue weighted by atomic mass is 14.6. The van der Waals surface area contributed by atoms with Crippen molar-refractivity contribution in [2.45, 2.75) is 71.6 Å². The molecule has 1 N–H and O–H groups in total. The van der Waals surface area contributed by atoms with E-state index >= 15 is 0 Å². The Morgan fingerprint density at radius 1 is 0.812 bits per heavy atom. The van der Waals surface area contributed by atoms with Crippen LogP contribution in [0.3, 0.4) is 0 Å². The van der Waals surface area contributed by atoms with Gasteiger partial charge in [-0.3, -0.25) is 0 Å². The molecule has 0 spiro atoms. The predicted octanol–water partition coefficient (Wildman–Crippen LogP) is 4.87. The van der Waals surface area contributed by atoms with Crippen molar-refractivity contribution < 1.29 is 0 Å². The Labute approximate surface area is 101 Å². The Kier molecular flexibility index (Phi) is 7.03. The molecule has 0 amide bonds. The summed E-state index contributed by atoms with van der Waals surface area (Å²) in [5.74, 6) is 0. The van der Waals surface area contributed by atoms with Crippen LogP contribution in [0.5, 0.6) is 0 Å². The van der Waals surface area contributed by atoms with E-state index in [1.807, 2.05) is 0 Å². The largest absolute Gasteiger partial charge is 0.367 e. The van der Waals surface area contributed by atoms with Crippen molar-refractivity contribution in [3.05, 3.63) is 23.5 Å². The van der Waals surface area contributed by atoms with Gasteiger partial charge in [0.1, 0.15) is 0 Å². The molecule has 1 heteroatoms. The maximum Gasteiger partial charge on any atom is 0.00401 e. The zero-order chi connectivity index (χ0) is 11.6. The first-order chi connectivity index (χ1) is 7.88. The number of rotatable bonds is 9. The highest BCUT2D eigenvalue weighted by Gasteiger charge is 2.00. The van der Waals surface area contributed by atoms with Crippen LogP contribution in [0.25, 0.3) is 0 Å². The third kappa shape index (κ3) is 4.87. The van der Waals surface area contributed by atoms with E-state index in [1.165, 1.54) is 62.5 Å². The van der Waals surface area contributed by atoms with Gasteiger partial charge in [0.05, 0.1) is 0 Å². The molecule has 0 aromatic carbocycles. The van der Waals surface area contributed by atoms with Crippen LogP contribution in [-0.2, 0) is 12.8 Å². The van der Waals surface area contributed by atoms with Gasteiger partial charge in [-0.05, 0) is 30.4 Å². The fourth-order valence-electron chi connectivity index (χ4n) is 2.26. The summed E-state index contributed by atoms with van der Waals surface area (Å²) < 4.78 is 0. The molecule has 0 bridgehead atoms. The Balaban J connectivity index is 2.03. The first-order valence-electron chi connectivity index (χ1n) is 7.03. The summed E-state index contributed by atoms with van der Waals surface area (Å²) >= 11 is 0. The molecule has 1 heterocycles. The molecule has 0 saturated heterocycles. The van der Waals surface area contributed by atoms with E-state index in [4.69, 9.17) is 0 Å². The van der Waals surface area contributed by atoms with Crippen molar-refractivity contribution in [3.63, 3.8) is 0 Å². The van der Waals surface area contributed by atoms with Gasteiger partial charge in [-0.15, -0.1) is 0 Å². The number of unbranched alkanes of at least 4 members (excludes halogenated alkanes) is 6. The van der Waals surface area contributed by atoms with Gasteiger partial charge < -0.3 is 4.98 Å². The quantitative estimate of drug-likeness (QED) is 0.573.